The third kappa shape index (κ3) is 7.80. The van der Waals surface area contributed by atoms with Gasteiger partial charge in [0.1, 0.15) is 12.2 Å². The Labute approximate surface area is 124 Å². The van der Waals surface area contributed by atoms with Gasteiger partial charge >= 0.3 is 5.97 Å². The lowest BCUT2D eigenvalue weighted by Gasteiger charge is -2.36. The van der Waals surface area contributed by atoms with E-state index in [0.717, 1.165) is 12.8 Å². The number of hydrogen-bond acceptors (Lipinski definition) is 4. The van der Waals surface area contributed by atoms with Gasteiger partial charge in [0.2, 0.25) is 0 Å². The molecule has 20 heavy (non-hydrogen) atoms. The molecule has 5 heteroatoms. The lowest BCUT2D eigenvalue weighted by Crippen LogP contribution is -2.40. The second kappa shape index (κ2) is 8.57. The van der Waals surface area contributed by atoms with Crippen molar-refractivity contribution in [2.45, 2.75) is 71.5 Å². The molecule has 0 heterocycles. The van der Waals surface area contributed by atoms with Gasteiger partial charge in [-0.15, -0.1) is 0 Å². The van der Waals surface area contributed by atoms with Crippen LogP contribution in [0, 0.1) is 0 Å². The molecule has 0 aromatic heterocycles. The van der Waals surface area contributed by atoms with Crippen molar-refractivity contribution in [3.63, 3.8) is 0 Å². The minimum absolute atomic E-state index is 0.0456. The van der Waals surface area contributed by atoms with E-state index >= 15 is 0 Å². The zero-order valence-corrected chi connectivity index (χ0v) is 14.9. The number of hydrogen-bond donors (Lipinski definition) is 0. The molecular formula is C15H30O4Si. The fourth-order valence-electron chi connectivity index (χ4n) is 1.43. The van der Waals surface area contributed by atoms with Gasteiger partial charge in [0.15, 0.2) is 8.32 Å². The quantitative estimate of drug-likeness (QED) is 0.282. The summed E-state index contributed by atoms with van der Waals surface area (Å²) in [4.78, 5) is 22.6. The van der Waals surface area contributed by atoms with Gasteiger partial charge in [0, 0.05) is 13.0 Å². The van der Waals surface area contributed by atoms with Crippen LogP contribution < -0.4 is 0 Å². The molecule has 118 valence electrons. The molecule has 0 fully saturated rings. The molecule has 0 aliphatic carbocycles. The van der Waals surface area contributed by atoms with E-state index < -0.39 is 14.3 Å². The summed E-state index contributed by atoms with van der Waals surface area (Å²) in [7, 11) is -1.68. The Hall–Kier alpha value is -0.683. The number of ketones is 1. The predicted octanol–water partition coefficient (Wildman–Crippen LogP) is 3.70. The Morgan fingerprint density at radius 1 is 1.10 bits per heavy atom. The Morgan fingerprint density at radius 3 is 2.20 bits per heavy atom. The Kier molecular flexibility index (Phi) is 8.28. The van der Waals surface area contributed by atoms with Crippen molar-refractivity contribution in [1.29, 1.82) is 0 Å². The van der Waals surface area contributed by atoms with Crippen LogP contribution in [0.5, 0.6) is 0 Å². The summed E-state index contributed by atoms with van der Waals surface area (Å²) in [5.74, 6) is -0.467. The molecule has 0 saturated heterocycles. The van der Waals surface area contributed by atoms with Crippen molar-refractivity contribution in [3.05, 3.63) is 0 Å². The Balaban J connectivity index is 3.77. The van der Waals surface area contributed by atoms with E-state index in [4.69, 9.17) is 9.16 Å². The summed E-state index contributed by atoms with van der Waals surface area (Å²) in [6.07, 6.45) is 1.96. The fraction of sp³-hybridized carbons (Fsp3) is 0.867. The van der Waals surface area contributed by atoms with Crippen LogP contribution in [-0.2, 0) is 18.8 Å². The smallest absolute Gasteiger partial charge is 0.313 e. The highest BCUT2D eigenvalue weighted by atomic mass is 28.4. The van der Waals surface area contributed by atoms with Gasteiger partial charge in [-0.1, -0.05) is 20.8 Å². The van der Waals surface area contributed by atoms with E-state index in [0.29, 0.717) is 19.6 Å². The number of carbonyl (C=O) groups excluding carboxylic acids is 2. The lowest BCUT2D eigenvalue weighted by atomic mass is 10.1. The van der Waals surface area contributed by atoms with Crippen LogP contribution in [0.25, 0.3) is 0 Å². The third-order valence-electron chi connectivity index (χ3n) is 3.77. The highest BCUT2D eigenvalue weighted by Crippen LogP contribution is 2.36. The molecule has 0 aromatic carbocycles. The summed E-state index contributed by atoms with van der Waals surface area (Å²) < 4.78 is 10.8. The molecule has 0 spiro atoms. The monoisotopic (exact) mass is 302 g/mol. The first kappa shape index (κ1) is 19.3. The molecule has 0 amide bonds. The molecule has 0 N–H and O–H groups in total. The molecule has 4 nitrogen and oxygen atoms in total. The normalized spacial score (nSPS) is 12.3. The lowest BCUT2D eigenvalue weighted by molar-refractivity contribution is -0.145. The van der Waals surface area contributed by atoms with E-state index in [1.807, 2.05) is 0 Å². The second-order valence-corrected chi connectivity index (χ2v) is 11.4. The van der Waals surface area contributed by atoms with Gasteiger partial charge in [-0.3, -0.25) is 9.59 Å². The third-order valence-corrected chi connectivity index (χ3v) is 8.30. The van der Waals surface area contributed by atoms with Crippen molar-refractivity contribution in [2.24, 2.45) is 0 Å². The van der Waals surface area contributed by atoms with Crippen LogP contribution in [-0.4, -0.2) is 33.3 Å². The number of rotatable bonds is 9. The molecule has 0 bridgehead atoms. The average Bonchev–Trinajstić information content (AvgIpc) is 2.26. The van der Waals surface area contributed by atoms with Crippen molar-refractivity contribution in [2.75, 3.05) is 13.2 Å². The predicted molar refractivity (Wildman–Crippen MR) is 83.3 cm³/mol. The molecule has 0 radical (unpaired) electrons. The summed E-state index contributed by atoms with van der Waals surface area (Å²) in [5, 5.41) is 0.215. The van der Waals surface area contributed by atoms with Crippen molar-refractivity contribution < 1.29 is 18.8 Å². The second-order valence-electron chi connectivity index (χ2n) is 6.59. The molecule has 0 rings (SSSR count). The minimum atomic E-state index is -1.68. The number of carbonyl (C=O) groups is 2. The van der Waals surface area contributed by atoms with E-state index in [-0.39, 0.29) is 17.2 Å². The van der Waals surface area contributed by atoms with Crippen LogP contribution in [0.3, 0.4) is 0 Å². The topological polar surface area (TPSA) is 52.6 Å². The SMILES string of the molecule is CCOC(=O)CC(=O)CCCCO[Si](C)(C)C(C)(C)C. The minimum Gasteiger partial charge on any atom is -0.466 e. The van der Waals surface area contributed by atoms with Crippen molar-refractivity contribution in [1.82, 2.24) is 0 Å². The molecular weight excluding hydrogens is 272 g/mol. The fourth-order valence-corrected chi connectivity index (χ4v) is 2.52. The number of esters is 1. The number of Topliss-reactive ketones (excluding diaryl/α,β-unsaturated/α-hetero) is 1. The van der Waals surface area contributed by atoms with Crippen molar-refractivity contribution >= 4 is 20.1 Å². The average molecular weight is 302 g/mol. The highest BCUT2D eigenvalue weighted by Gasteiger charge is 2.36. The first-order valence-corrected chi connectivity index (χ1v) is 10.3. The van der Waals surface area contributed by atoms with Crippen LogP contribution in [0.4, 0.5) is 0 Å². The van der Waals surface area contributed by atoms with E-state index in [2.05, 4.69) is 33.9 Å². The Bertz CT molecular complexity index is 318. The van der Waals surface area contributed by atoms with Gasteiger partial charge in [-0.2, -0.15) is 0 Å². The van der Waals surface area contributed by atoms with Crippen LogP contribution in [0.1, 0.15) is 53.4 Å². The molecule has 0 aliphatic rings. The summed E-state index contributed by atoms with van der Waals surface area (Å²) in [5.41, 5.74) is 0. The van der Waals surface area contributed by atoms with Gasteiger partial charge in [0.05, 0.1) is 6.61 Å². The maximum atomic E-state index is 11.5. The first-order valence-electron chi connectivity index (χ1n) is 7.41. The summed E-state index contributed by atoms with van der Waals surface area (Å²) in [6, 6.07) is 0. The van der Waals surface area contributed by atoms with Gasteiger partial charge in [0.25, 0.3) is 0 Å². The molecule has 0 unspecified atom stereocenters. The first-order chi connectivity index (χ1) is 9.10. The van der Waals surface area contributed by atoms with Gasteiger partial charge in [-0.25, -0.2) is 0 Å². The van der Waals surface area contributed by atoms with Crippen LogP contribution in [0.2, 0.25) is 18.1 Å². The highest BCUT2D eigenvalue weighted by molar-refractivity contribution is 6.74. The van der Waals surface area contributed by atoms with Gasteiger partial charge < -0.3 is 9.16 Å². The number of unbranched alkanes of at least 4 members (excludes halogenated alkanes) is 1. The van der Waals surface area contributed by atoms with E-state index in [1.165, 1.54) is 0 Å². The summed E-state index contributed by atoms with van der Waals surface area (Å²) >= 11 is 0. The zero-order chi connectivity index (χ0) is 15.8. The zero-order valence-electron chi connectivity index (χ0n) is 13.9. The molecule has 0 atom stereocenters. The maximum Gasteiger partial charge on any atom is 0.313 e. The van der Waals surface area contributed by atoms with E-state index in [1.54, 1.807) is 6.92 Å². The maximum absolute atomic E-state index is 11.5. The van der Waals surface area contributed by atoms with Gasteiger partial charge in [-0.05, 0) is 37.9 Å². The van der Waals surface area contributed by atoms with Crippen LogP contribution >= 0.6 is 0 Å². The van der Waals surface area contributed by atoms with Crippen molar-refractivity contribution in [3.8, 4) is 0 Å². The molecule has 0 saturated carbocycles. The summed E-state index contributed by atoms with van der Waals surface area (Å²) in [6.45, 7) is 13.8. The molecule has 0 aliphatic heterocycles. The van der Waals surface area contributed by atoms with E-state index in [9.17, 15) is 9.59 Å². The largest absolute Gasteiger partial charge is 0.466 e. The number of ether oxygens (including phenoxy) is 1. The standard InChI is InChI=1S/C15H30O4Si/c1-7-18-14(17)12-13(16)10-8-9-11-19-20(5,6)15(2,3)4/h7-12H2,1-6H3. The molecule has 0 aromatic rings. The van der Waals surface area contributed by atoms with Crippen LogP contribution in [0.15, 0.2) is 0 Å². The Morgan fingerprint density at radius 2 is 1.70 bits per heavy atom.